The lowest BCUT2D eigenvalue weighted by Gasteiger charge is -2.30. The van der Waals surface area contributed by atoms with Crippen molar-refractivity contribution in [3.05, 3.63) is 0 Å². The molecule has 0 aromatic carbocycles. The fourth-order valence-electron chi connectivity index (χ4n) is 2.07. The molecule has 1 fully saturated rings. The highest BCUT2D eigenvalue weighted by molar-refractivity contribution is 8.00. The van der Waals surface area contributed by atoms with Gasteiger partial charge in [-0.05, 0) is 42.6 Å². The first-order chi connectivity index (χ1) is 6.76. The van der Waals surface area contributed by atoms with Crippen LogP contribution in [0.1, 0.15) is 52.4 Å². The van der Waals surface area contributed by atoms with Gasteiger partial charge in [0.15, 0.2) is 0 Å². The van der Waals surface area contributed by atoms with Crippen molar-refractivity contribution in [2.75, 3.05) is 11.5 Å². The van der Waals surface area contributed by atoms with Gasteiger partial charge in [-0.15, -0.1) is 0 Å². The zero-order valence-corrected chi connectivity index (χ0v) is 11.3. The maximum absolute atomic E-state index is 4.52. The molecule has 0 aromatic heterocycles. The van der Waals surface area contributed by atoms with Crippen LogP contribution < -0.4 is 0 Å². The fraction of sp³-hybridized carbons (Fsp3) is 1.00. The lowest BCUT2D eigenvalue weighted by Crippen LogP contribution is -2.25. The molecule has 2 heteroatoms. The smallest absolute Gasteiger partial charge is 0.00472 e. The third-order valence-corrected chi connectivity index (χ3v) is 6.16. The van der Waals surface area contributed by atoms with Crippen molar-refractivity contribution in [3.8, 4) is 0 Å². The zero-order valence-electron chi connectivity index (χ0n) is 9.59. The van der Waals surface area contributed by atoms with Gasteiger partial charge in [0.1, 0.15) is 0 Å². The van der Waals surface area contributed by atoms with E-state index in [1.807, 2.05) is 0 Å². The van der Waals surface area contributed by atoms with E-state index >= 15 is 0 Å². The fourth-order valence-corrected chi connectivity index (χ4v) is 4.55. The minimum Gasteiger partial charge on any atom is -0.179 e. The van der Waals surface area contributed by atoms with Crippen molar-refractivity contribution in [1.82, 2.24) is 0 Å². The van der Waals surface area contributed by atoms with Crippen LogP contribution in [0.5, 0.6) is 0 Å². The summed E-state index contributed by atoms with van der Waals surface area (Å²) < 4.78 is 0. The molecule has 0 atom stereocenters. The highest BCUT2D eigenvalue weighted by Gasteiger charge is 2.26. The van der Waals surface area contributed by atoms with Gasteiger partial charge >= 0.3 is 0 Å². The van der Waals surface area contributed by atoms with Crippen LogP contribution >= 0.6 is 24.4 Å². The van der Waals surface area contributed by atoms with Crippen LogP contribution in [0.4, 0.5) is 0 Å². The van der Waals surface area contributed by atoms with E-state index in [9.17, 15) is 0 Å². The van der Waals surface area contributed by atoms with Crippen molar-refractivity contribution in [2.24, 2.45) is 5.41 Å². The first kappa shape index (κ1) is 12.8. The molecule has 0 saturated heterocycles. The zero-order chi connectivity index (χ0) is 10.4. The maximum Gasteiger partial charge on any atom is 0.00472 e. The Bertz CT molecular complexity index is 138. The average Bonchev–Trinajstić information content (AvgIpc) is 2.74. The first-order valence-corrected chi connectivity index (χ1v) is 7.67. The Morgan fingerprint density at radius 2 is 1.79 bits per heavy atom. The summed E-state index contributed by atoms with van der Waals surface area (Å²) in [6, 6.07) is 0. The molecule has 1 saturated carbocycles. The summed E-state index contributed by atoms with van der Waals surface area (Å²) in [4.78, 5) is 0. The quantitative estimate of drug-likeness (QED) is 0.662. The molecule has 0 unspecified atom stereocenters. The van der Waals surface area contributed by atoms with E-state index < -0.39 is 0 Å². The van der Waals surface area contributed by atoms with Crippen molar-refractivity contribution < 1.29 is 0 Å². The van der Waals surface area contributed by atoms with Gasteiger partial charge < -0.3 is 0 Å². The summed E-state index contributed by atoms with van der Waals surface area (Å²) in [5, 5.41) is 0.965. The van der Waals surface area contributed by atoms with E-state index in [-0.39, 0.29) is 0 Å². The second-order valence-corrected chi connectivity index (χ2v) is 6.19. The molecular weight excluding hydrogens is 208 g/mol. The van der Waals surface area contributed by atoms with Crippen molar-refractivity contribution in [3.63, 3.8) is 0 Å². The largest absolute Gasteiger partial charge is 0.179 e. The predicted octanol–water partition coefficient (Wildman–Crippen LogP) is 4.40. The van der Waals surface area contributed by atoms with E-state index in [1.54, 1.807) is 0 Å². The molecule has 0 N–H and O–H groups in total. The molecule has 0 amide bonds. The van der Waals surface area contributed by atoms with Gasteiger partial charge in [-0.2, -0.15) is 24.4 Å². The number of thioether (sulfide) groups is 1. The SMILES string of the molecule is CCC(CC)(CS)CSC1CCCC1. The van der Waals surface area contributed by atoms with Gasteiger partial charge in [0.05, 0.1) is 0 Å². The molecule has 0 radical (unpaired) electrons. The summed E-state index contributed by atoms with van der Waals surface area (Å²) in [6.45, 7) is 4.63. The first-order valence-electron chi connectivity index (χ1n) is 5.99. The third kappa shape index (κ3) is 3.37. The molecule has 14 heavy (non-hydrogen) atoms. The number of thiol groups is 1. The Balaban J connectivity index is 2.31. The van der Waals surface area contributed by atoms with Crippen LogP contribution in [0.25, 0.3) is 0 Å². The van der Waals surface area contributed by atoms with Crippen LogP contribution in [-0.2, 0) is 0 Å². The summed E-state index contributed by atoms with van der Waals surface area (Å²) >= 11 is 6.74. The molecule has 0 heterocycles. The van der Waals surface area contributed by atoms with Crippen LogP contribution in [0, 0.1) is 5.41 Å². The van der Waals surface area contributed by atoms with Gasteiger partial charge in [-0.25, -0.2) is 0 Å². The summed E-state index contributed by atoms with van der Waals surface area (Å²) in [5.41, 5.74) is 0.510. The Labute approximate surface area is 99.0 Å². The lowest BCUT2D eigenvalue weighted by molar-refractivity contribution is 0.357. The van der Waals surface area contributed by atoms with Gasteiger partial charge in [-0.1, -0.05) is 26.7 Å². The Hall–Kier alpha value is 0.700. The van der Waals surface area contributed by atoms with Gasteiger partial charge in [0, 0.05) is 5.25 Å². The molecule has 0 spiro atoms. The molecule has 0 nitrogen and oxygen atoms in total. The van der Waals surface area contributed by atoms with Crippen molar-refractivity contribution >= 4 is 24.4 Å². The van der Waals surface area contributed by atoms with Gasteiger partial charge in [-0.3, -0.25) is 0 Å². The monoisotopic (exact) mass is 232 g/mol. The van der Waals surface area contributed by atoms with Crippen LogP contribution in [0.2, 0.25) is 0 Å². The second kappa shape index (κ2) is 6.32. The van der Waals surface area contributed by atoms with E-state index in [0.717, 1.165) is 11.0 Å². The average molecular weight is 232 g/mol. The topological polar surface area (TPSA) is 0 Å². The molecule has 1 rings (SSSR count). The molecule has 0 aliphatic heterocycles. The van der Waals surface area contributed by atoms with Crippen molar-refractivity contribution in [1.29, 1.82) is 0 Å². The Morgan fingerprint density at radius 3 is 2.21 bits per heavy atom. The number of hydrogen-bond acceptors (Lipinski definition) is 2. The van der Waals surface area contributed by atoms with Crippen LogP contribution in [0.15, 0.2) is 0 Å². The van der Waals surface area contributed by atoms with E-state index in [0.29, 0.717) is 5.41 Å². The lowest BCUT2D eigenvalue weighted by atomic mass is 9.87. The minimum atomic E-state index is 0.510. The molecule has 0 aromatic rings. The third-order valence-electron chi connectivity index (χ3n) is 3.76. The second-order valence-electron chi connectivity index (χ2n) is 4.58. The maximum atomic E-state index is 4.52. The van der Waals surface area contributed by atoms with Gasteiger partial charge in [0.25, 0.3) is 0 Å². The highest BCUT2D eigenvalue weighted by atomic mass is 32.2. The number of rotatable bonds is 6. The molecule has 84 valence electrons. The van der Waals surface area contributed by atoms with Crippen LogP contribution in [0.3, 0.4) is 0 Å². The Morgan fingerprint density at radius 1 is 1.21 bits per heavy atom. The van der Waals surface area contributed by atoms with Gasteiger partial charge in [0.2, 0.25) is 0 Å². The number of hydrogen-bond donors (Lipinski definition) is 1. The van der Waals surface area contributed by atoms with Crippen molar-refractivity contribution in [2.45, 2.75) is 57.6 Å². The molecular formula is C12H24S2. The summed E-state index contributed by atoms with van der Waals surface area (Å²) in [6.07, 6.45) is 8.41. The van der Waals surface area contributed by atoms with Crippen LogP contribution in [-0.4, -0.2) is 16.8 Å². The van der Waals surface area contributed by atoms with E-state index in [4.69, 9.17) is 0 Å². The van der Waals surface area contributed by atoms with E-state index in [2.05, 4.69) is 38.2 Å². The van der Waals surface area contributed by atoms with E-state index in [1.165, 1.54) is 44.3 Å². The molecule has 1 aliphatic rings. The molecule has 0 bridgehead atoms. The standard InChI is InChI=1S/C12H24S2/c1-3-12(4-2,9-13)10-14-11-7-5-6-8-11/h11,13H,3-10H2,1-2H3. The summed E-state index contributed by atoms with van der Waals surface area (Å²) in [5.74, 6) is 2.38. The molecule has 1 aliphatic carbocycles. The highest BCUT2D eigenvalue weighted by Crippen LogP contribution is 2.37. The normalized spacial score (nSPS) is 19.1. The minimum absolute atomic E-state index is 0.510. The summed E-state index contributed by atoms with van der Waals surface area (Å²) in [7, 11) is 0. The predicted molar refractivity (Wildman–Crippen MR) is 71.6 cm³/mol. The Kier molecular flexibility index (Phi) is 5.76.